The van der Waals surface area contributed by atoms with Crippen molar-refractivity contribution in [1.29, 1.82) is 0 Å². The number of ether oxygens (including phenoxy) is 1. The molecule has 1 atom stereocenters. The first kappa shape index (κ1) is 19.1. The molecule has 3 rings (SSSR count). The quantitative estimate of drug-likeness (QED) is 0.597. The molecule has 0 heterocycles. The van der Waals surface area contributed by atoms with Crippen molar-refractivity contribution in [1.82, 2.24) is 0 Å². The maximum atomic E-state index is 10.6. The van der Waals surface area contributed by atoms with E-state index in [4.69, 9.17) is 4.74 Å². The van der Waals surface area contributed by atoms with Crippen molar-refractivity contribution < 1.29 is 14.9 Å². The number of benzene rings is 3. The summed E-state index contributed by atoms with van der Waals surface area (Å²) in [7, 11) is 0. The fourth-order valence-electron chi connectivity index (χ4n) is 3.43. The SMILES string of the molecule is CC(Cc1ccc(OC(C)(C)C)cc1)Cc1ccc2c(O)cccc2c1O. The van der Waals surface area contributed by atoms with Gasteiger partial charge in [-0.3, -0.25) is 0 Å². The summed E-state index contributed by atoms with van der Waals surface area (Å²) in [5.74, 6) is 1.72. The molecule has 0 aliphatic rings. The topological polar surface area (TPSA) is 49.7 Å². The van der Waals surface area contributed by atoms with Gasteiger partial charge in [0.2, 0.25) is 0 Å². The van der Waals surface area contributed by atoms with Crippen LogP contribution in [0.2, 0.25) is 0 Å². The highest BCUT2D eigenvalue weighted by Gasteiger charge is 2.14. The van der Waals surface area contributed by atoms with Crippen LogP contribution in [0.15, 0.2) is 54.6 Å². The van der Waals surface area contributed by atoms with Gasteiger partial charge in [-0.25, -0.2) is 0 Å². The van der Waals surface area contributed by atoms with E-state index in [0.717, 1.165) is 24.2 Å². The molecule has 1 unspecified atom stereocenters. The van der Waals surface area contributed by atoms with Gasteiger partial charge in [0.05, 0.1) is 0 Å². The largest absolute Gasteiger partial charge is 0.507 e. The van der Waals surface area contributed by atoms with E-state index >= 15 is 0 Å². The fraction of sp³-hybridized carbons (Fsp3) is 0.333. The zero-order valence-electron chi connectivity index (χ0n) is 16.5. The van der Waals surface area contributed by atoms with Crippen LogP contribution >= 0.6 is 0 Å². The van der Waals surface area contributed by atoms with Crippen LogP contribution in [-0.2, 0) is 12.8 Å². The predicted octanol–water partition coefficient (Wildman–Crippen LogP) is 5.85. The van der Waals surface area contributed by atoms with Gasteiger partial charge in [0.15, 0.2) is 0 Å². The summed E-state index contributed by atoms with van der Waals surface area (Å²) in [6.07, 6.45) is 1.70. The molecule has 0 fully saturated rings. The molecule has 3 aromatic carbocycles. The molecule has 0 aromatic heterocycles. The van der Waals surface area contributed by atoms with Gasteiger partial charge < -0.3 is 14.9 Å². The van der Waals surface area contributed by atoms with Gasteiger partial charge in [0.1, 0.15) is 22.8 Å². The molecule has 3 heteroatoms. The van der Waals surface area contributed by atoms with Crippen molar-refractivity contribution >= 4 is 10.8 Å². The smallest absolute Gasteiger partial charge is 0.126 e. The van der Waals surface area contributed by atoms with Crippen molar-refractivity contribution in [3.63, 3.8) is 0 Å². The Kier molecular flexibility index (Phi) is 5.31. The number of hydrogen-bond donors (Lipinski definition) is 2. The van der Waals surface area contributed by atoms with Gasteiger partial charge in [-0.05, 0) is 68.9 Å². The molecule has 0 saturated heterocycles. The number of fused-ring (bicyclic) bond motifs is 1. The zero-order valence-corrected chi connectivity index (χ0v) is 16.5. The third-order valence-electron chi connectivity index (χ3n) is 4.59. The minimum Gasteiger partial charge on any atom is -0.507 e. The van der Waals surface area contributed by atoms with Gasteiger partial charge in [-0.2, -0.15) is 0 Å². The van der Waals surface area contributed by atoms with Gasteiger partial charge in [0, 0.05) is 10.8 Å². The second-order valence-electron chi connectivity index (χ2n) is 8.32. The van der Waals surface area contributed by atoms with Gasteiger partial charge in [0.25, 0.3) is 0 Å². The summed E-state index contributed by atoms with van der Waals surface area (Å²) in [6, 6.07) is 17.3. The van der Waals surface area contributed by atoms with Crippen LogP contribution in [0.1, 0.15) is 38.8 Å². The summed E-state index contributed by atoms with van der Waals surface area (Å²) in [4.78, 5) is 0. The Hall–Kier alpha value is -2.68. The molecule has 0 amide bonds. The van der Waals surface area contributed by atoms with Crippen LogP contribution < -0.4 is 4.74 Å². The summed E-state index contributed by atoms with van der Waals surface area (Å²) in [5.41, 5.74) is 1.96. The van der Waals surface area contributed by atoms with Gasteiger partial charge in [-0.1, -0.05) is 43.3 Å². The average molecular weight is 364 g/mol. The number of aromatic hydroxyl groups is 2. The highest BCUT2D eigenvalue weighted by Crippen LogP contribution is 2.34. The van der Waals surface area contributed by atoms with E-state index in [-0.39, 0.29) is 17.1 Å². The summed E-state index contributed by atoms with van der Waals surface area (Å²) in [6.45, 7) is 8.31. The lowest BCUT2D eigenvalue weighted by Crippen LogP contribution is -2.22. The third-order valence-corrected chi connectivity index (χ3v) is 4.59. The molecule has 0 bridgehead atoms. The van der Waals surface area contributed by atoms with Crippen LogP contribution in [0.25, 0.3) is 10.8 Å². The highest BCUT2D eigenvalue weighted by molar-refractivity contribution is 5.93. The molecular formula is C24H28O3. The molecule has 0 spiro atoms. The zero-order chi connectivity index (χ0) is 19.6. The van der Waals surface area contributed by atoms with Crippen LogP contribution in [-0.4, -0.2) is 15.8 Å². The van der Waals surface area contributed by atoms with E-state index in [2.05, 4.69) is 19.1 Å². The second-order valence-corrected chi connectivity index (χ2v) is 8.32. The molecule has 3 nitrogen and oxygen atoms in total. The minimum atomic E-state index is -0.198. The summed E-state index contributed by atoms with van der Waals surface area (Å²) in [5, 5.41) is 21.9. The predicted molar refractivity (Wildman–Crippen MR) is 111 cm³/mol. The molecule has 142 valence electrons. The van der Waals surface area contributed by atoms with Gasteiger partial charge in [-0.15, -0.1) is 0 Å². The van der Waals surface area contributed by atoms with Crippen molar-refractivity contribution in [2.24, 2.45) is 5.92 Å². The Morgan fingerprint density at radius 1 is 0.852 bits per heavy atom. The number of hydrogen-bond acceptors (Lipinski definition) is 3. The van der Waals surface area contributed by atoms with E-state index in [9.17, 15) is 10.2 Å². The van der Waals surface area contributed by atoms with E-state index in [1.807, 2.05) is 51.1 Å². The van der Waals surface area contributed by atoms with Crippen LogP contribution in [0.5, 0.6) is 17.2 Å². The fourth-order valence-corrected chi connectivity index (χ4v) is 3.43. The molecule has 2 N–H and O–H groups in total. The number of rotatable bonds is 5. The first-order chi connectivity index (χ1) is 12.7. The minimum absolute atomic E-state index is 0.194. The highest BCUT2D eigenvalue weighted by atomic mass is 16.5. The van der Waals surface area contributed by atoms with Crippen LogP contribution in [0, 0.1) is 5.92 Å². The molecule has 0 aliphatic heterocycles. The normalized spacial score (nSPS) is 12.9. The molecule has 0 radical (unpaired) electrons. The van der Waals surface area contributed by atoms with Crippen molar-refractivity contribution in [2.45, 2.75) is 46.1 Å². The Bertz CT molecular complexity index is 921. The first-order valence-corrected chi connectivity index (χ1v) is 9.43. The monoisotopic (exact) mass is 364 g/mol. The molecule has 3 aromatic rings. The Morgan fingerprint density at radius 3 is 2.22 bits per heavy atom. The van der Waals surface area contributed by atoms with E-state index < -0.39 is 0 Å². The second kappa shape index (κ2) is 7.51. The number of phenols is 2. The van der Waals surface area contributed by atoms with Crippen molar-refractivity contribution in [2.75, 3.05) is 0 Å². The van der Waals surface area contributed by atoms with Crippen LogP contribution in [0.3, 0.4) is 0 Å². The van der Waals surface area contributed by atoms with E-state index in [1.165, 1.54) is 5.56 Å². The Labute approximate surface area is 161 Å². The van der Waals surface area contributed by atoms with E-state index in [0.29, 0.717) is 16.7 Å². The van der Waals surface area contributed by atoms with Crippen molar-refractivity contribution in [3.8, 4) is 17.2 Å². The lowest BCUT2D eigenvalue weighted by molar-refractivity contribution is 0.131. The maximum absolute atomic E-state index is 10.6. The molecule has 0 aliphatic carbocycles. The summed E-state index contributed by atoms with van der Waals surface area (Å²) < 4.78 is 5.87. The van der Waals surface area contributed by atoms with E-state index in [1.54, 1.807) is 12.1 Å². The Morgan fingerprint density at radius 2 is 1.56 bits per heavy atom. The lowest BCUT2D eigenvalue weighted by Gasteiger charge is -2.21. The first-order valence-electron chi connectivity index (χ1n) is 9.43. The van der Waals surface area contributed by atoms with Gasteiger partial charge >= 0.3 is 0 Å². The standard InChI is InChI=1S/C24H28O3/c1-16(14-17-8-11-19(12-9-17)27-24(2,3)4)15-18-10-13-20-21(23(18)26)6-5-7-22(20)25/h5-13,16,25-26H,14-15H2,1-4H3. The van der Waals surface area contributed by atoms with Crippen LogP contribution in [0.4, 0.5) is 0 Å². The van der Waals surface area contributed by atoms with Crippen molar-refractivity contribution in [3.05, 3.63) is 65.7 Å². The summed E-state index contributed by atoms with van der Waals surface area (Å²) >= 11 is 0. The molecule has 0 saturated carbocycles. The maximum Gasteiger partial charge on any atom is 0.126 e. The average Bonchev–Trinajstić information content (AvgIpc) is 2.58. The Balaban J connectivity index is 1.70. The molecule has 27 heavy (non-hydrogen) atoms. The number of phenolic OH excluding ortho intramolecular Hbond substituents is 2. The molecular weight excluding hydrogens is 336 g/mol. The third kappa shape index (κ3) is 4.73. The lowest BCUT2D eigenvalue weighted by atomic mass is 9.92.